The summed E-state index contributed by atoms with van der Waals surface area (Å²) in [5.41, 5.74) is 25.3. The number of hydrogen-bond donors (Lipinski definition) is 19. The van der Waals surface area contributed by atoms with Crippen LogP contribution in [-0.4, -0.2) is 197 Å². The number of carboxylic acids is 1. The van der Waals surface area contributed by atoms with Gasteiger partial charge < -0.3 is 102 Å². The molecule has 1 aromatic heterocycles. The smallest absolute Gasteiger partial charge is 0.303 e. The zero-order valence-corrected chi connectivity index (χ0v) is 63.6. The van der Waals surface area contributed by atoms with Gasteiger partial charge in [0.15, 0.2) is 0 Å². The molecule has 3 aromatic rings. The predicted octanol–water partition coefficient (Wildman–Crippen LogP) is -0.808. The number of unbranched alkanes of at least 4 members (excludes halogenated alkanes) is 2. The van der Waals surface area contributed by atoms with Crippen molar-refractivity contribution in [3.63, 3.8) is 0 Å². The number of carbonyl (C=O) groups excluding carboxylic acids is 13. The summed E-state index contributed by atoms with van der Waals surface area (Å²) in [6, 6.07) is 1.29. The van der Waals surface area contributed by atoms with E-state index in [-0.39, 0.29) is 75.8 Å². The summed E-state index contributed by atoms with van der Waals surface area (Å²) in [7, 11) is 0. The molecule has 0 aliphatic rings. The summed E-state index contributed by atoms with van der Waals surface area (Å²) in [6.07, 6.45) is 3.30. The van der Waals surface area contributed by atoms with Crippen molar-refractivity contribution in [2.75, 3.05) is 32.8 Å². The minimum absolute atomic E-state index is 0.0342. The van der Waals surface area contributed by atoms with Crippen LogP contribution < -0.4 is 86.7 Å². The van der Waals surface area contributed by atoms with E-state index in [1.165, 1.54) is 0 Å². The summed E-state index contributed by atoms with van der Waals surface area (Å²) in [5.74, 6) is -13.9. The van der Waals surface area contributed by atoms with E-state index in [0.29, 0.717) is 60.6 Å². The number of fused-ring (bicyclic) bond motifs is 1. The number of nitrogens with two attached hydrogens (primary N) is 4. The average Bonchev–Trinajstić information content (AvgIpc) is 1.71. The molecule has 0 bridgehead atoms. The van der Waals surface area contributed by atoms with Crippen molar-refractivity contribution < 1.29 is 77.3 Å². The Balaban J connectivity index is 1.88. The van der Waals surface area contributed by atoms with Crippen LogP contribution in [0.15, 0.2) is 60.8 Å². The highest BCUT2D eigenvalue weighted by Crippen LogP contribution is 2.21. The zero-order chi connectivity index (χ0) is 80.0. The van der Waals surface area contributed by atoms with Gasteiger partial charge in [-0.2, -0.15) is 0 Å². The molecule has 0 fully saturated rings. The number of para-hydroxylation sites is 1. The van der Waals surface area contributed by atoms with Crippen LogP contribution in [0.3, 0.4) is 0 Å². The van der Waals surface area contributed by atoms with Crippen LogP contribution in [0.5, 0.6) is 0 Å². The fourth-order valence-electron chi connectivity index (χ4n) is 11.6. The Kier molecular flexibility index (Phi) is 41.0. The first-order valence-electron chi connectivity index (χ1n) is 37.2. The number of aliphatic hydroxyl groups is 1. The average molecular weight is 1500 g/mol. The minimum Gasteiger partial charge on any atom is -0.481 e. The summed E-state index contributed by atoms with van der Waals surface area (Å²) in [4.78, 5) is 196. The fraction of sp³-hybridized carbons (Fsp3) is 0.622. The van der Waals surface area contributed by atoms with Crippen molar-refractivity contribution in [1.29, 1.82) is 0 Å². The topological polar surface area (TPSA) is 544 Å². The van der Waals surface area contributed by atoms with Crippen molar-refractivity contribution in [3.8, 4) is 0 Å². The van der Waals surface area contributed by atoms with E-state index < -0.39 is 194 Å². The Morgan fingerprint density at radius 3 is 1.39 bits per heavy atom. The normalized spacial score (nSPS) is 15.3. The molecule has 596 valence electrons. The minimum atomic E-state index is -1.67. The van der Waals surface area contributed by atoms with E-state index >= 15 is 0 Å². The Bertz CT molecular complexity index is 3410. The van der Waals surface area contributed by atoms with Gasteiger partial charge in [0.05, 0.1) is 25.7 Å². The predicted molar refractivity (Wildman–Crippen MR) is 402 cm³/mol. The van der Waals surface area contributed by atoms with Crippen LogP contribution in [0.25, 0.3) is 10.9 Å². The van der Waals surface area contributed by atoms with Crippen LogP contribution in [0.4, 0.5) is 0 Å². The molecule has 0 saturated heterocycles. The van der Waals surface area contributed by atoms with Crippen molar-refractivity contribution in [2.24, 2.45) is 52.5 Å². The third kappa shape index (κ3) is 32.2. The number of amides is 13. The molecule has 107 heavy (non-hydrogen) atoms. The number of carbonyl (C=O) groups is 14. The number of aliphatic hydroxyl groups excluding tert-OH is 1. The lowest BCUT2D eigenvalue weighted by Gasteiger charge is -2.29. The molecule has 1 heterocycles. The number of carboxylic acid groups (broad SMARTS) is 1. The number of rotatable bonds is 51. The molecule has 23 N–H and O–H groups in total. The SMILES string of the molecule is CC[C@H](C)[C@H](N)C(=O)N[C@@H](CC(C)C)C(=O)NCC(=O)N[C@@H](CCCCN)C(=O)N[C@H](C(=O)N[C@@H](Cc1c[nH]c2ccccc12)C(=O)N[C@@H](CCC(=O)O)C(=O)NCC(=O)N[C@H](C(=O)N[C@@H](CCCCN)C(=O)N[C@@H](CO)C(=O)N[C@@H](CC(C)C)C(=O)N[C@@H](Cc1ccccc1)C(N)=O)[C@@H](C)CC)[C@@H](C)CC. The highest BCUT2D eigenvalue weighted by molar-refractivity contribution is 6.00. The summed E-state index contributed by atoms with van der Waals surface area (Å²) in [5, 5.41) is 52.1. The first kappa shape index (κ1) is 91.6. The van der Waals surface area contributed by atoms with Gasteiger partial charge >= 0.3 is 5.97 Å². The number of H-pyrrole nitrogens is 1. The van der Waals surface area contributed by atoms with Gasteiger partial charge in [-0.3, -0.25) is 67.1 Å². The summed E-state index contributed by atoms with van der Waals surface area (Å²) < 4.78 is 0. The van der Waals surface area contributed by atoms with E-state index in [0.717, 1.165) is 0 Å². The standard InChI is InChI=1S/C74H119N17O16/c1-11-43(8)61(77)72(105)87-54(33-41(4)5)66(99)81-38-58(93)82-50(27-19-21-31-75)68(101)91-63(45(10)13-3)74(107)88-56(36-47-37-79-49-26-18-17-25-48(47)49)70(103)83-52(29-30-60(95)96)65(98)80-39-59(94)90-62(44(9)12-2)73(106)84-51(28-20-22-32-76)67(100)89-57(40-92)71(104)86-55(34-42(6)7)69(102)85-53(64(78)97)35-46-23-15-14-16-24-46/h14-18,23-26,37,41-45,50-57,61-63,79,92H,11-13,19-22,27-36,38-40,75-77H2,1-10H3,(H2,78,97)(H,80,98)(H,81,99)(H,82,93)(H,83,103)(H,84,106)(H,85,102)(H,86,104)(H,87,105)(H,88,107)(H,89,100)(H,90,94)(H,91,101)(H,95,96)/t43-,44-,45-,50-,51-,52-,53-,54-,55-,56-,57-,61-,62-,63-/m0/s1. The molecule has 0 radical (unpaired) electrons. The third-order valence-corrected chi connectivity index (χ3v) is 18.6. The maximum atomic E-state index is 14.8. The van der Waals surface area contributed by atoms with Crippen molar-refractivity contribution in [1.82, 2.24) is 68.8 Å². The number of aromatic nitrogens is 1. The molecule has 33 nitrogen and oxygen atoms in total. The monoisotopic (exact) mass is 1500 g/mol. The second kappa shape index (κ2) is 47.9. The highest BCUT2D eigenvalue weighted by atomic mass is 16.4. The Morgan fingerprint density at radius 2 is 0.860 bits per heavy atom. The molecule has 3 rings (SSSR count). The number of aromatic amines is 1. The largest absolute Gasteiger partial charge is 0.481 e. The molecular formula is C74H119N17O16. The highest BCUT2D eigenvalue weighted by Gasteiger charge is 2.38. The lowest BCUT2D eigenvalue weighted by atomic mass is 9.96. The van der Waals surface area contributed by atoms with E-state index in [2.05, 4.69) is 68.8 Å². The van der Waals surface area contributed by atoms with E-state index in [1.807, 2.05) is 27.7 Å². The van der Waals surface area contributed by atoms with Crippen LogP contribution in [0.2, 0.25) is 0 Å². The maximum absolute atomic E-state index is 14.8. The number of benzene rings is 2. The second-order valence-electron chi connectivity index (χ2n) is 28.3. The zero-order valence-electron chi connectivity index (χ0n) is 63.6. The molecule has 14 atom stereocenters. The van der Waals surface area contributed by atoms with Gasteiger partial charge in [-0.1, -0.05) is 137 Å². The Morgan fingerprint density at radius 1 is 0.439 bits per heavy atom. The number of primary amides is 1. The second-order valence-corrected chi connectivity index (χ2v) is 28.3. The first-order chi connectivity index (χ1) is 50.7. The first-order valence-corrected chi connectivity index (χ1v) is 37.2. The molecule has 33 heteroatoms. The summed E-state index contributed by atoms with van der Waals surface area (Å²) >= 11 is 0. The summed E-state index contributed by atoms with van der Waals surface area (Å²) in [6.45, 7) is 15.9. The van der Waals surface area contributed by atoms with E-state index in [4.69, 9.17) is 22.9 Å². The molecule has 0 spiro atoms. The lowest BCUT2D eigenvalue weighted by molar-refractivity contribution is -0.138. The van der Waals surface area contributed by atoms with E-state index in [1.54, 1.807) is 102 Å². The maximum Gasteiger partial charge on any atom is 0.303 e. The van der Waals surface area contributed by atoms with Gasteiger partial charge in [0.25, 0.3) is 0 Å². The number of aliphatic carboxylic acids is 1. The van der Waals surface area contributed by atoms with E-state index in [9.17, 15) is 77.3 Å². The van der Waals surface area contributed by atoms with Crippen LogP contribution in [0.1, 0.15) is 164 Å². The Hall–Kier alpha value is -9.60. The molecule has 0 saturated carbocycles. The molecule has 0 aliphatic carbocycles. The van der Waals surface area contributed by atoms with Gasteiger partial charge in [-0.05, 0) is 118 Å². The van der Waals surface area contributed by atoms with Crippen molar-refractivity contribution >= 4 is 93.7 Å². The van der Waals surface area contributed by atoms with Crippen molar-refractivity contribution in [3.05, 3.63) is 71.9 Å². The number of hydrogen-bond acceptors (Lipinski definition) is 18. The van der Waals surface area contributed by atoms with Crippen molar-refractivity contribution in [2.45, 2.75) is 232 Å². The van der Waals surface area contributed by atoms with Crippen LogP contribution in [0, 0.1) is 29.6 Å². The van der Waals surface area contributed by atoms with Crippen LogP contribution >= 0.6 is 0 Å². The lowest BCUT2D eigenvalue weighted by Crippen LogP contribution is -2.61. The van der Waals surface area contributed by atoms with Gasteiger partial charge in [0.2, 0.25) is 76.8 Å². The third-order valence-electron chi connectivity index (χ3n) is 18.6. The quantitative estimate of drug-likeness (QED) is 0.0307. The van der Waals surface area contributed by atoms with Crippen LogP contribution in [-0.2, 0) is 80.0 Å². The molecule has 13 amide bonds. The number of nitrogens with one attached hydrogen (secondary N) is 13. The van der Waals surface area contributed by atoms with Gasteiger partial charge in [-0.25, -0.2) is 0 Å². The van der Waals surface area contributed by atoms with Gasteiger partial charge in [0, 0.05) is 36.4 Å². The van der Waals surface area contributed by atoms with Gasteiger partial charge in [0.1, 0.15) is 60.4 Å². The Labute approximate surface area is 626 Å². The molecular weight excluding hydrogens is 1380 g/mol. The molecule has 0 unspecified atom stereocenters. The fourth-order valence-corrected chi connectivity index (χ4v) is 11.6. The van der Waals surface area contributed by atoms with Gasteiger partial charge in [-0.15, -0.1) is 0 Å². The molecule has 0 aliphatic heterocycles. The molecule has 2 aromatic carbocycles.